The maximum atomic E-state index is 12.0. The standard InChI is InChI=1S/C17H14ClN3O2/c18-13-9-14(16(22)15-12(13)7-4-8-19-15)21-17(23)20-10-11-5-2-1-3-6-11/h1-9,22H,10H2,(H2,20,21,23). The molecule has 0 bridgehead atoms. The molecule has 1 heterocycles. The summed E-state index contributed by atoms with van der Waals surface area (Å²) in [5.41, 5.74) is 1.54. The third-order valence-electron chi connectivity index (χ3n) is 3.36. The van der Waals surface area contributed by atoms with Crippen molar-refractivity contribution in [3.05, 3.63) is 65.3 Å². The number of hydrogen-bond acceptors (Lipinski definition) is 3. The Kier molecular flexibility index (Phi) is 4.30. The van der Waals surface area contributed by atoms with E-state index in [1.165, 1.54) is 6.07 Å². The fourth-order valence-electron chi connectivity index (χ4n) is 2.23. The first-order valence-electron chi connectivity index (χ1n) is 7.00. The number of phenols is 1. The number of amides is 2. The van der Waals surface area contributed by atoms with E-state index in [0.29, 0.717) is 22.5 Å². The zero-order valence-corrected chi connectivity index (χ0v) is 12.8. The summed E-state index contributed by atoms with van der Waals surface area (Å²) in [7, 11) is 0. The SMILES string of the molecule is O=C(NCc1ccccc1)Nc1cc(Cl)c2cccnc2c1O. The molecule has 0 spiro atoms. The second-order valence-corrected chi connectivity index (χ2v) is 5.35. The van der Waals surface area contributed by atoms with Crippen LogP contribution in [0.15, 0.2) is 54.7 Å². The molecule has 3 N–H and O–H groups in total. The van der Waals surface area contributed by atoms with Crippen molar-refractivity contribution in [1.29, 1.82) is 0 Å². The van der Waals surface area contributed by atoms with Gasteiger partial charge in [-0.1, -0.05) is 41.9 Å². The van der Waals surface area contributed by atoms with Crippen LogP contribution in [0.2, 0.25) is 5.02 Å². The maximum absolute atomic E-state index is 12.0. The van der Waals surface area contributed by atoms with Crippen molar-refractivity contribution < 1.29 is 9.90 Å². The predicted octanol–water partition coefficient (Wildman–Crippen LogP) is 3.92. The summed E-state index contributed by atoms with van der Waals surface area (Å²) in [5, 5.41) is 16.6. The minimum absolute atomic E-state index is 0.111. The highest BCUT2D eigenvalue weighted by Crippen LogP contribution is 2.36. The van der Waals surface area contributed by atoms with Crippen LogP contribution in [0, 0.1) is 0 Å². The predicted molar refractivity (Wildman–Crippen MR) is 90.7 cm³/mol. The van der Waals surface area contributed by atoms with Crippen molar-refractivity contribution in [1.82, 2.24) is 10.3 Å². The van der Waals surface area contributed by atoms with Crippen molar-refractivity contribution in [3.63, 3.8) is 0 Å². The van der Waals surface area contributed by atoms with Gasteiger partial charge in [-0.15, -0.1) is 0 Å². The molecule has 3 rings (SSSR count). The molecule has 0 fully saturated rings. The van der Waals surface area contributed by atoms with E-state index in [1.807, 2.05) is 30.3 Å². The fraction of sp³-hybridized carbons (Fsp3) is 0.0588. The van der Waals surface area contributed by atoms with Crippen LogP contribution < -0.4 is 10.6 Å². The molecule has 0 radical (unpaired) electrons. The highest BCUT2D eigenvalue weighted by Gasteiger charge is 2.13. The van der Waals surface area contributed by atoms with E-state index in [1.54, 1.807) is 18.3 Å². The van der Waals surface area contributed by atoms with Gasteiger partial charge in [-0.05, 0) is 23.8 Å². The Morgan fingerprint density at radius 1 is 1.17 bits per heavy atom. The Balaban J connectivity index is 1.76. The van der Waals surface area contributed by atoms with E-state index in [9.17, 15) is 9.90 Å². The molecule has 5 nitrogen and oxygen atoms in total. The molecule has 0 aliphatic rings. The van der Waals surface area contributed by atoms with E-state index in [-0.39, 0.29) is 11.4 Å². The van der Waals surface area contributed by atoms with Gasteiger partial charge in [0, 0.05) is 18.1 Å². The van der Waals surface area contributed by atoms with Gasteiger partial charge in [0.2, 0.25) is 0 Å². The number of urea groups is 1. The van der Waals surface area contributed by atoms with E-state index in [2.05, 4.69) is 15.6 Å². The molecule has 2 aromatic carbocycles. The van der Waals surface area contributed by atoms with Gasteiger partial charge < -0.3 is 15.7 Å². The largest absolute Gasteiger partial charge is 0.504 e. The number of carbonyl (C=O) groups excluding carboxylic acids is 1. The molecule has 116 valence electrons. The van der Waals surface area contributed by atoms with Crippen LogP contribution in [0.3, 0.4) is 0 Å². The normalized spacial score (nSPS) is 10.5. The molecule has 0 saturated carbocycles. The molecule has 23 heavy (non-hydrogen) atoms. The number of aromatic nitrogens is 1. The number of anilines is 1. The van der Waals surface area contributed by atoms with Crippen LogP contribution in [0.5, 0.6) is 5.75 Å². The Hall–Kier alpha value is -2.79. The van der Waals surface area contributed by atoms with Crippen molar-refractivity contribution in [2.75, 3.05) is 5.32 Å². The van der Waals surface area contributed by atoms with Crippen molar-refractivity contribution in [2.45, 2.75) is 6.54 Å². The second-order valence-electron chi connectivity index (χ2n) is 4.95. The average Bonchev–Trinajstić information content (AvgIpc) is 2.59. The third-order valence-corrected chi connectivity index (χ3v) is 3.67. The number of carbonyl (C=O) groups is 1. The van der Waals surface area contributed by atoms with Crippen LogP contribution >= 0.6 is 11.6 Å². The average molecular weight is 328 g/mol. The highest BCUT2D eigenvalue weighted by atomic mass is 35.5. The molecule has 0 unspecified atom stereocenters. The summed E-state index contributed by atoms with van der Waals surface area (Å²) in [6.07, 6.45) is 1.55. The minimum atomic E-state index is -0.435. The quantitative estimate of drug-likeness (QED) is 0.638. The van der Waals surface area contributed by atoms with E-state index in [4.69, 9.17) is 11.6 Å². The molecule has 6 heteroatoms. The molecule has 0 aliphatic heterocycles. The van der Waals surface area contributed by atoms with Crippen molar-refractivity contribution in [3.8, 4) is 5.75 Å². The van der Waals surface area contributed by atoms with E-state index < -0.39 is 6.03 Å². The van der Waals surface area contributed by atoms with Crippen molar-refractivity contribution in [2.24, 2.45) is 0 Å². The Morgan fingerprint density at radius 2 is 1.96 bits per heavy atom. The van der Waals surface area contributed by atoms with E-state index in [0.717, 1.165) is 5.56 Å². The van der Waals surface area contributed by atoms with Gasteiger partial charge in [-0.2, -0.15) is 0 Å². The monoisotopic (exact) mass is 327 g/mol. The van der Waals surface area contributed by atoms with Gasteiger partial charge >= 0.3 is 6.03 Å². The van der Waals surface area contributed by atoms with Crippen LogP contribution in [0.4, 0.5) is 10.5 Å². The Labute approximate surface area is 137 Å². The first-order valence-corrected chi connectivity index (χ1v) is 7.38. The first-order chi connectivity index (χ1) is 11.1. The molecule has 0 atom stereocenters. The Bertz CT molecular complexity index is 853. The molecule has 3 aromatic rings. The maximum Gasteiger partial charge on any atom is 0.319 e. The number of nitrogens with one attached hydrogen (secondary N) is 2. The van der Waals surface area contributed by atoms with Gasteiger partial charge in [-0.25, -0.2) is 4.79 Å². The summed E-state index contributed by atoms with van der Waals surface area (Å²) >= 11 is 6.17. The van der Waals surface area contributed by atoms with Crippen LogP contribution in [-0.2, 0) is 6.54 Å². The summed E-state index contributed by atoms with van der Waals surface area (Å²) in [6, 6.07) is 14.1. The zero-order valence-electron chi connectivity index (χ0n) is 12.1. The highest BCUT2D eigenvalue weighted by molar-refractivity contribution is 6.36. The van der Waals surface area contributed by atoms with Crippen LogP contribution in [-0.4, -0.2) is 16.1 Å². The van der Waals surface area contributed by atoms with Gasteiger partial charge in [-0.3, -0.25) is 4.98 Å². The molecular formula is C17H14ClN3O2. The summed E-state index contributed by atoms with van der Waals surface area (Å²) in [5.74, 6) is -0.111. The summed E-state index contributed by atoms with van der Waals surface area (Å²) < 4.78 is 0. The van der Waals surface area contributed by atoms with E-state index >= 15 is 0 Å². The molecular weight excluding hydrogens is 314 g/mol. The molecule has 0 saturated heterocycles. The number of hydrogen-bond donors (Lipinski definition) is 3. The fourth-order valence-corrected chi connectivity index (χ4v) is 2.49. The lowest BCUT2D eigenvalue weighted by molar-refractivity contribution is 0.251. The van der Waals surface area contributed by atoms with Crippen LogP contribution in [0.25, 0.3) is 10.9 Å². The zero-order chi connectivity index (χ0) is 16.2. The van der Waals surface area contributed by atoms with Crippen molar-refractivity contribution >= 4 is 34.2 Å². The molecule has 0 aliphatic carbocycles. The van der Waals surface area contributed by atoms with Gasteiger partial charge in [0.15, 0.2) is 5.75 Å². The Morgan fingerprint density at radius 3 is 2.74 bits per heavy atom. The number of aromatic hydroxyl groups is 1. The lowest BCUT2D eigenvalue weighted by Gasteiger charge is -2.11. The number of phenolic OH excluding ortho intramolecular Hbond substituents is 1. The van der Waals surface area contributed by atoms with Gasteiger partial charge in [0.05, 0.1) is 10.7 Å². The number of nitrogens with zero attached hydrogens (tertiary/aromatic N) is 1. The first kappa shape index (κ1) is 15.1. The smallest absolute Gasteiger partial charge is 0.319 e. The number of halogens is 1. The summed E-state index contributed by atoms with van der Waals surface area (Å²) in [4.78, 5) is 16.1. The number of fused-ring (bicyclic) bond motifs is 1. The number of pyridine rings is 1. The lowest BCUT2D eigenvalue weighted by Crippen LogP contribution is -2.28. The minimum Gasteiger partial charge on any atom is -0.504 e. The summed E-state index contributed by atoms with van der Waals surface area (Å²) in [6.45, 7) is 0.382. The van der Waals surface area contributed by atoms with Crippen LogP contribution in [0.1, 0.15) is 5.56 Å². The second kappa shape index (κ2) is 6.54. The lowest BCUT2D eigenvalue weighted by atomic mass is 10.2. The number of rotatable bonds is 3. The third kappa shape index (κ3) is 3.35. The topological polar surface area (TPSA) is 74.2 Å². The van der Waals surface area contributed by atoms with Gasteiger partial charge in [0.1, 0.15) is 5.52 Å². The molecule has 1 aromatic heterocycles. The number of benzene rings is 2. The van der Waals surface area contributed by atoms with Gasteiger partial charge in [0.25, 0.3) is 0 Å². The molecule has 2 amide bonds.